The number of hydrogen-bond acceptors (Lipinski definition) is 5. The van der Waals surface area contributed by atoms with Crippen molar-refractivity contribution in [2.24, 2.45) is 5.41 Å². The number of carbonyl (C=O) groups is 2. The van der Waals surface area contributed by atoms with Gasteiger partial charge in [0.25, 0.3) is 5.91 Å². The zero-order chi connectivity index (χ0) is 23.3. The summed E-state index contributed by atoms with van der Waals surface area (Å²) in [6, 6.07) is 5.47. The number of amides is 2. The molecule has 0 atom stereocenters. The highest BCUT2D eigenvalue weighted by Crippen LogP contribution is 2.47. The second-order valence-corrected chi connectivity index (χ2v) is 9.29. The highest BCUT2D eigenvalue weighted by Gasteiger charge is 2.49. The van der Waals surface area contributed by atoms with Crippen molar-refractivity contribution in [3.05, 3.63) is 52.6 Å². The first-order chi connectivity index (χ1) is 15.8. The van der Waals surface area contributed by atoms with Crippen LogP contribution >= 0.6 is 11.6 Å². The number of aromatic nitrogens is 3. The molecule has 1 saturated carbocycles. The lowest BCUT2D eigenvalue weighted by atomic mass is 9.71. The Morgan fingerprint density at radius 1 is 1.27 bits per heavy atom. The van der Waals surface area contributed by atoms with E-state index in [0.29, 0.717) is 61.2 Å². The van der Waals surface area contributed by atoms with Crippen LogP contribution in [0, 0.1) is 18.2 Å². The molecule has 1 aliphatic carbocycles. The van der Waals surface area contributed by atoms with Crippen molar-refractivity contribution in [1.29, 1.82) is 0 Å². The van der Waals surface area contributed by atoms with Gasteiger partial charge in [0.05, 0.1) is 22.3 Å². The van der Waals surface area contributed by atoms with Crippen LogP contribution in [0.2, 0.25) is 5.02 Å². The smallest absolute Gasteiger partial charge is 0.256 e. The predicted molar refractivity (Wildman–Crippen MR) is 120 cm³/mol. The first kappa shape index (κ1) is 21.6. The Hall–Kier alpha value is -3.20. The topological polar surface area (TPSA) is 99.8 Å². The quantitative estimate of drug-likeness (QED) is 0.607. The van der Waals surface area contributed by atoms with Gasteiger partial charge in [0.1, 0.15) is 11.4 Å². The van der Waals surface area contributed by atoms with Crippen LogP contribution in [0.3, 0.4) is 0 Å². The number of carbonyl (C=O) groups excluding carboxylic acids is 2. The molecule has 5 rings (SSSR count). The minimum atomic E-state index is -0.478. The van der Waals surface area contributed by atoms with E-state index in [1.54, 1.807) is 17.9 Å². The molecule has 1 aliphatic heterocycles. The second kappa shape index (κ2) is 7.98. The van der Waals surface area contributed by atoms with Crippen molar-refractivity contribution < 1.29 is 19.1 Å². The zero-order valence-electron chi connectivity index (χ0n) is 18.0. The van der Waals surface area contributed by atoms with Crippen molar-refractivity contribution in [3.63, 3.8) is 0 Å². The lowest BCUT2D eigenvalue weighted by molar-refractivity contribution is -0.127. The fourth-order valence-corrected chi connectivity index (χ4v) is 5.29. The SMILES string of the molecule is Cc1cc(O)n2ncc(C(=O)NC3CCC4(CC3)CCN(c3ccc(F)cc3Cl)C4=O)c2n1. The van der Waals surface area contributed by atoms with Crippen molar-refractivity contribution in [2.75, 3.05) is 11.4 Å². The van der Waals surface area contributed by atoms with Crippen LogP contribution in [0.4, 0.5) is 10.1 Å². The van der Waals surface area contributed by atoms with Gasteiger partial charge < -0.3 is 15.3 Å². The number of anilines is 1. The Morgan fingerprint density at radius 2 is 2.03 bits per heavy atom. The number of aromatic hydroxyl groups is 1. The maximum absolute atomic E-state index is 13.4. The number of rotatable bonds is 3. The van der Waals surface area contributed by atoms with Gasteiger partial charge in [0.2, 0.25) is 11.8 Å². The van der Waals surface area contributed by atoms with Crippen molar-refractivity contribution in [3.8, 4) is 5.88 Å². The van der Waals surface area contributed by atoms with Gasteiger partial charge in [0.15, 0.2) is 5.65 Å². The Bertz CT molecular complexity index is 1270. The second-order valence-electron chi connectivity index (χ2n) is 8.88. The van der Waals surface area contributed by atoms with E-state index < -0.39 is 11.2 Å². The molecule has 8 nitrogen and oxygen atoms in total. The van der Waals surface area contributed by atoms with Crippen LogP contribution in [0.15, 0.2) is 30.5 Å². The first-order valence-corrected chi connectivity index (χ1v) is 11.3. The summed E-state index contributed by atoms with van der Waals surface area (Å²) in [6.07, 6.45) is 4.74. The lowest BCUT2D eigenvalue weighted by Crippen LogP contribution is -2.44. The van der Waals surface area contributed by atoms with Crippen LogP contribution in [-0.2, 0) is 4.79 Å². The molecule has 10 heteroatoms. The van der Waals surface area contributed by atoms with Gasteiger partial charge in [-0.1, -0.05) is 11.6 Å². The Labute approximate surface area is 194 Å². The maximum atomic E-state index is 13.4. The number of hydrogen-bond donors (Lipinski definition) is 2. The standard InChI is InChI=1S/C23H23ClFN5O3/c1-13-10-19(31)30-20(27-13)16(12-26-30)21(32)28-15-4-6-23(7-5-15)8-9-29(22(23)33)18-3-2-14(25)11-17(18)24/h2-3,10-12,15,31H,4-9H2,1H3,(H,28,32). The molecule has 2 aliphatic rings. The molecule has 2 amide bonds. The van der Waals surface area contributed by atoms with E-state index in [1.807, 2.05) is 0 Å². The summed E-state index contributed by atoms with van der Waals surface area (Å²) in [5, 5.41) is 17.3. The Morgan fingerprint density at radius 3 is 2.76 bits per heavy atom. The van der Waals surface area contributed by atoms with E-state index in [2.05, 4.69) is 15.4 Å². The van der Waals surface area contributed by atoms with Crippen LogP contribution < -0.4 is 10.2 Å². The third-order valence-corrected chi connectivity index (χ3v) is 7.12. The molecule has 3 heterocycles. The van der Waals surface area contributed by atoms with Crippen molar-refractivity contribution in [1.82, 2.24) is 19.9 Å². The maximum Gasteiger partial charge on any atom is 0.256 e. The Balaban J connectivity index is 1.26. The van der Waals surface area contributed by atoms with E-state index in [0.717, 1.165) is 0 Å². The van der Waals surface area contributed by atoms with E-state index in [1.165, 1.54) is 28.9 Å². The molecule has 2 N–H and O–H groups in total. The molecule has 1 spiro atoms. The molecule has 0 radical (unpaired) electrons. The predicted octanol–water partition coefficient (Wildman–Crippen LogP) is 3.63. The minimum absolute atomic E-state index is 0.0126. The fourth-order valence-electron chi connectivity index (χ4n) is 5.02. The highest BCUT2D eigenvalue weighted by atomic mass is 35.5. The summed E-state index contributed by atoms with van der Waals surface area (Å²) in [4.78, 5) is 32.1. The van der Waals surface area contributed by atoms with Gasteiger partial charge in [-0.2, -0.15) is 9.61 Å². The van der Waals surface area contributed by atoms with Gasteiger partial charge >= 0.3 is 0 Å². The summed E-state index contributed by atoms with van der Waals surface area (Å²) >= 11 is 6.18. The third-order valence-electron chi connectivity index (χ3n) is 6.82. The lowest BCUT2D eigenvalue weighted by Gasteiger charge is -2.36. The third kappa shape index (κ3) is 3.70. The van der Waals surface area contributed by atoms with Crippen molar-refractivity contribution in [2.45, 2.75) is 45.1 Å². The van der Waals surface area contributed by atoms with Crippen LogP contribution in [0.25, 0.3) is 5.65 Å². The molecular weight excluding hydrogens is 449 g/mol. The summed E-state index contributed by atoms with van der Waals surface area (Å²) in [5.41, 5.74) is 1.24. The van der Waals surface area contributed by atoms with Gasteiger partial charge in [-0.25, -0.2) is 9.37 Å². The average Bonchev–Trinajstić information content (AvgIpc) is 3.32. The highest BCUT2D eigenvalue weighted by molar-refractivity contribution is 6.34. The molecule has 0 unspecified atom stereocenters. The molecule has 1 aromatic carbocycles. The van der Waals surface area contributed by atoms with Crippen molar-refractivity contribution >= 4 is 34.7 Å². The molecule has 0 bridgehead atoms. The van der Waals surface area contributed by atoms with Gasteiger partial charge in [-0.15, -0.1) is 0 Å². The summed E-state index contributed by atoms with van der Waals surface area (Å²) in [5.74, 6) is -0.811. The number of nitrogens with one attached hydrogen (secondary N) is 1. The zero-order valence-corrected chi connectivity index (χ0v) is 18.8. The van der Waals surface area contributed by atoms with Gasteiger partial charge in [-0.05, 0) is 57.2 Å². The molecule has 2 aromatic heterocycles. The first-order valence-electron chi connectivity index (χ1n) is 10.9. The number of fused-ring (bicyclic) bond motifs is 1. The van der Waals surface area contributed by atoms with Gasteiger partial charge in [0, 0.05) is 24.3 Å². The molecule has 2 fully saturated rings. The molecule has 3 aromatic rings. The summed E-state index contributed by atoms with van der Waals surface area (Å²) in [7, 11) is 0. The Kier molecular flexibility index (Phi) is 5.23. The molecule has 33 heavy (non-hydrogen) atoms. The molecular formula is C23H23ClFN5O3. The largest absolute Gasteiger partial charge is 0.493 e. The van der Waals surface area contributed by atoms with E-state index in [9.17, 15) is 19.1 Å². The van der Waals surface area contributed by atoms with Crippen LogP contribution in [0.1, 0.15) is 48.2 Å². The number of halogens is 2. The fraction of sp³-hybridized carbons (Fsp3) is 0.391. The monoisotopic (exact) mass is 471 g/mol. The number of aryl methyl sites for hydroxylation is 1. The number of nitrogens with zero attached hydrogens (tertiary/aromatic N) is 4. The normalized spacial score (nSPS) is 22.9. The minimum Gasteiger partial charge on any atom is -0.493 e. The molecule has 172 valence electrons. The summed E-state index contributed by atoms with van der Waals surface area (Å²) < 4.78 is 14.6. The van der Waals surface area contributed by atoms with E-state index in [4.69, 9.17) is 11.6 Å². The number of benzene rings is 1. The van der Waals surface area contributed by atoms with E-state index in [-0.39, 0.29) is 28.8 Å². The van der Waals surface area contributed by atoms with Crippen LogP contribution in [-0.4, -0.2) is 44.1 Å². The van der Waals surface area contributed by atoms with E-state index >= 15 is 0 Å². The average molecular weight is 472 g/mol. The van der Waals surface area contributed by atoms with Crippen LogP contribution in [0.5, 0.6) is 5.88 Å². The molecule has 1 saturated heterocycles. The van der Waals surface area contributed by atoms with Gasteiger partial charge in [-0.3, -0.25) is 9.59 Å². The summed E-state index contributed by atoms with van der Waals surface area (Å²) in [6.45, 7) is 2.27.